The van der Waals surface area contributed by atoms with E-state index in [1.807, 2.05) is 0 Å². The van der Waals surface area contributed by atoms with Gasteiger partial charge in [0.15, 0.2) is 0 Å². The highest BCUT2D eigenvalue weighted by atomic mass is 32.1. The number of aryl methyl sites for hydroxylation is 1. The van der Waals surface area contributed by atoms with E-state index in [4.69, 9.17) is 9.84 Å². The summed E-state index contributed by atoms with van der Waals surface area (Å²) >= 11 is 1.04. The number of rotatable bonds is 4. The summed E-state index contributed by atoms with van der Waals surface area (Å²) in [6.07, 6.45) is -4.39. The lowest BCUT2D eigenvalue weighted by Gasteiger charge is -2.06. The molecule has 0 fully saturated rings. The van der Waals surface area contributed by atoms with Crippen LogP contribution in [0.5, 0.6) is 0 Å². The molecule has 1 aromatic heterocycles. The molecular formula is C14H12F3NO3S. The van der Waals surface area contributed by atoms with Crippen LogP contribution in [0.4, 0.5) is 13.2 Å². The number of nitrogens with zero attached hydrogens (tertiary/aromatic N) is 1. The second kappa shape index (κ2) is 6.45. The van der Waals surface area contributed by atoms with Crippen molar-refractivity contribution in [1.82, 2.24) is 4.98 Å². The van der Waals surface area contributed by atoms with E-state index in [1.165, 1.54) is 12.1 Å². The average molecular weight is 331 g/mol. The maximum Gasteiger partial charge on any atom is 0.416 e. The number of aliphatic hydroxyl groups is 1. The number of ether oxygens (including phenoxy) is 1. The Labute approximate surface area is 128 Å². The fraction of sp³-hybridized carbons (Fsp3) is 0.286. The van der Waals surface area contributed by atoms with Gasteiger partial charge in [-0.1, -0.05) is 12.1 Å². The van der Waals surface area contributed by atoms with Gasteiger partial charge in [0.05, 0.1) is 17.9 Å². The molecule has 0 atom stereocenters. The first-order valence-electron chi connectivity index (χ1n) is 6.26. The lowest BCUT2D eigenvalue weighted by Crippen LogP contribution is -2.08. The zero-order chi connectivity index (χ0) is 16.3. The molecule has 0 aliphatic rings. The van der Waals surface area contributed by atoms with Crippen LogP contribution in [0.1, 0.15) is 20.9 Å². The first kappa shape index (κ1) is 16.4. The normalized spacial score (nSPS) is 11.5. The molecule has 118 valence electrons. The predicted octanol–water partition coefficient (Wildman–Crippen LogP) is 3.29. The summed E-state index contributed by atoms with van der Waals surface area (Å²) in [4.78, 5) is 16.2. The van der Waals surface area contributed by atoms with Crippen LogP contribution in [-0.2, 0) is 10.9 Å². The SMILES string of the molecule is Cc1nc(-c2ccc(C(F)(F)F)cc2)sc1C(=O)OCCO. The molecule has 8 heteroatoms. The molecule has 0 amide bonds. The monoisotopic (exact) mass is 331 g/mol. The number of esters is 1. The third-order valence-electron chi connectivity index (χ3n) is 2.77. The summed E-state index contributed by atoms with van der Waals surface area (Å²) in [6.45, 7) is 1.21. The molecule has 22 heavy (non-hydrogen) atoms. The molecule has 1 N–H and O–H groups in total. The van der Waals surface area contributed by atoms with E-state index in [2.05, 4.69) is 4.98 Å². The predicted molar refractivity (Wildman–Crippen MR) is 74.7 cm³/mol. The van der Waals surface area contributed by atoms with Crippen LogP contribution in [0.15, 0.2) is 24.3 Å². The van der Waals surface area contributed by atoms with Gasteiger partial charge < -0.3 is 9.84 Å². The maximum absolute atomic E-state index is 12.5. The van der Waals surface area contributed by atoms with E-state index in [-0.39, 0.29) is 18.1 Å². The van der Waals surface area contributed by atoms with Crippen molar-refractivity contribution in [2.24, 2.45) is 0 Å². The maximum atomic E-state index is 12.5. The number of halogens is 3. The Bertz CT molecular complexity index is 665. The Kier molecular flexibility index (Phi) is 4.82. The molecule has 0 aliphatic heterocycles. The molecule has 0 radical (unpaired) electrons. The fourth-order valence-electron chi connectivity index (χ4n) is 1.71. The molecule has 0 unspecified atom stereocenters. The van der Waals surface area contributed by atoms with E-state index in [0.29, 0.717) is 16.3 Å². The van der Waals surface area contributed by atoms with Crippen LogP contribution >= 0.6 is 11.3 Å². The smallest absolute Gasteiger partial charge is 0.416 e. The minimum absolute atomic E-state index is 0.119. The minimum atomic E-state index is -4.39. The Morgan fingerprint density at radius 1 is 1.32 bits per heavy atom. The van der Waals surface area contributed by atoms with Gasteiger partial charge in [0.2, 0.25) is 0 Å². The molecule has 0 bridgehead atoms. The van der Waals surface area contributed by atoms with Crippen molar-refractivity contribution in [2.45, 2.75) is 13.1 Å². The van der Waals surface area contributed by atoms with E-state index >= 15 is 0 Å². The van der Waals surface area contributed by atoms with Crippen LogP contribution in [0.25, 0.3) is 10.6 Å². The van der Waals surface area contributed by atoms with Crippen molar-refractivity contribution in [3.63, 3.8) is 0 Å². The molecule has 2 rings (SSSR count). The van der Waals surface area contributed by atoms with Crippen LogP contribution < -0.4 is 0 Å². The first-order valence-corrected chi connectivity index (χ1v) is 7.07. The van der Waals surface area contributed by atoms with Gasteiger partial charge in [0, 0.05) is 5.56 Å². The van der Waals surface area contributed by atoms with Crippen molar-refractivity contribution in [1.29, 1.82) is 0 Å². The number of benzene rings is 1. The molecule has 0 saturated heterocycles. The zero-order valence-corrected chi connectivity index (χ0v) is 12.3. The van der Waals surface area contributed by atoms with E-state index in [1.54, 1.807) is 6.92 Å². The highest BCUT2D eigenvalue weighted by molar-refractivity contribution is 7.17. The van der Waals surface area contributed by atoms with E-state index in [9.17, 15) is 18.0 Å². The minimum Gasteiger partial charge on any atom is -0.459 e. The number of hydrogen-bond acceptors (Lipinski definition) is 5. The van der Waals surface area contributed by atoms with Gasteiger partial charge >= 0.3 is 12.1 Å². The number of alkyl halides is 3. The van der Waals surface area contributed by atoms with Gasteiger partial charge in [0.1, 0.15) is 16.5 Å². The molecular weight excluding hydrogens is 319 g/mol. The molecule has 1 aromatic carbocycles. The summed E-state index contributed by atoms with van der Waals surface area (Å²) in [7, 11) is 0. The quantitative estimate of drug-likeness (QED) is 0.874. The number of carbonyl (C=O) groups excluding carboxylic acids is 1. The lowest BCUT2D eigenvalue weighted by atomic mass is 10.1. The van der Waals surface area contributed by atoms with Crippen LogP contribution in [0.3, 0.4) is 0 Å². The Hall–Kier alpha value is -1.93. The van der Waals surface area contributed by atoms with Gasteiger partial charge in [-0.05, 0) is 19.1 Å². The summed E-state index contributed by atoms with van der Waals surface area (Å²) in [5.74, 6) is -0.609. The zero-order valence-electron chi connectivity index (χ0n) is 11.5. The summed E-state index contributed by atoms with van der Waals surface area (Å²) in [5, 5.41) is 9.06. The van der Waals surface area contributed by atoms with Crippen molar-refractivity contribution in [3.05, 3.63) is 40.4 Å². The van der Waals surface area contributed by atoms with E-state index in [0.717, 1.165) is 23.5 Å². The molecule has 0 spiro atoms. The third kappa shape index (κ3) is 3.63. The van der Waals surface area contributed by atoms with E-state index < -0.39 is 17.7 Å². The summed E-state index contributed by atoms with van der Waals surface area (Å²) in [5.41, 5.74) is 0.178. The largest absolute Gasteiger partial charge is 0.459 e. The Balaban J connectivity index is 2.25. The molecule has 4 nitrogen and oxygen atoms in total. The highest BCUT2D eigenvalue weighted by Crippen LogP contribution is 2.33. The van der Waals surface area contributed by atoms with Crippen molar-refractivity contribution in [3.8, 4) is 10.6 Å². The van der Waals surface area contributed by atoms with Crippen LogP contribution in [-0.4, -0.2) is 29.3 Å². The number of aliphatic hydroxyl groups excluding tert-OH is 1. The van der Waals surface area contributed by atoms with Gasteiger partial charge in [-0.3, -0.25) is 0 Å². The lowest BCUT2D eigenvalue weighted by molar-refractivity contribution is -0.137. The number of carbonyl (C=O) groups is 1. The molecule has 0 saturated carbocycles. The van der Waals surface area contributed by atoms with Crippen LogP contribution in [0, 0.1) is 6.92 Å². The standard InChI is InChI=1S/C14H12F3NO3S/c1-8-11(13(20)21-7-6-19)22-12(18-8)9-2-4-10(5-3-9)14(15,16)17/h2-5,19H,6-7H2,1H3. The van der Waals surface area contributed by atoms with Crippen molar-refractivity contribution in [2.75, 3.05) is 13.2 Å². The van der Waals surface area contributed by atoms with Crippen LogP contribution in [0.2, 0.25) is 0 Å². The number of aromatic nitrogens is 1. The topological polar surface area (TPSA) is 59.4 Å². The first-order chi connectivity index (χ1) is 10.3. The second-order valence-electron chi connectivity index (χ2n) is 4.37. The fourth-order valence-corrected chi connectivity index (χ4v) is 2.68. The molecule has 2 aromatic rings. The molecule has 0 aliphatic carbocycles. The Morgan fingerprint density at radius 3 is 2.50 bits per heavy atom. The van der Waals surface area contributed by atoms with Gasteiger partial charge in [0.25, 0.3) is 0 Å². The van der Waals surface area contributed by atoms with Crippen molar-refractivity contribution >= 4 is 17.3 Å². The number of thiazole rings is 1. The van der Waals surface area contributed by atoms with Gasteiger partial charge in [-0.15, -0.1) is 11.3 Å². The highest BCUT2D eigenvalue weighted by Gasteiger charge is 2.30. The van der Waals surface area contributed by atoms with Gasteiger partial charge in [-0.2, -0.15) is 13.2 Å². The average Bonchev–Trinajstić information content (AvgIpc) is 2.86. The van der Waals surface area contributed by atoms with Gasteiger partial charge in [-0.25, -0.2) is 9.78 Å². The molecule has 1 heterocycles. The second-order valence-corrected chi connectivity index (χ2v) is 5.37. The summed E-state index contributed by atoms with van der Waals surface area (Å²) < 4.78 is 42.4. The number of hydrogen-bond donors (Lipinski definition) is 1. The third-order valence-corrected chi connectivity index (χ3v) is 3.95. The Morgan fingerprint density at radius 2 is 1.95 bits per heavy atom. The van der Waals surface area contributed by atoms with Crippen molar-refractivity contribution < 1.29 is 27.8 Å². The summed E-state index contributed by atoms with van der Waals surface area (Å²) in [6, 6.07) is 4.56.